The van der Waals surface area contributed by atoms with Crippen molar-refractivity contribution in [2.45, 2.75) is 90.5 Å². The van der Waals surface area contributed by atoms with Crippen LogP contribution in [-0.4, -0.2) is 23.0 Å². The lowest BCUT2D eigenvalue weighted by molar-refractivity contribution is -0.137. The fraction of sp³-hybridized carbons (Fsp3) is 0.432. The molecule has 4 atom stereocenters. The molecule has 226 valence electrons. The molecule has 0 spiro atoms. The highest BCUT2D eigenvalue weighted by Crippen LogP contribution is 2.57. The zero-order valence-corrected chi connectivity index (χ0v) is 26.9. The number of nitrogens with one attached hydrogen (secondary N) is 3. The van der Waals surface area contributed by atoms with Gasteiger partial charge in [-0.3, -0.25) is 9.59 Å². The van der Waals surface area contributed by atoms with Crippen molar-refractivity contribution in [1.82, 2.24) is 10.6 Å². The third-order valence-electron chi connectivity index (χ3n) is 10.0. The summed E-state index contributed by atoms with van der Waals surface area (Å²) in [5, 5.41) is 9.42. The Labute approximate surface area is 262 Å². The van der Waals surface area contributed by atoms with Gasteiger partial charge in [-0.05, 0) is 96.5 Å². The van der Waals surface area contributed by atoms with Crippen LogP contribution in [0.1, 0.15) is 87.1 Å². The van der Waals surface area contributed by atoms with E-state index in [1.807, 2.05) is 61.5 Å². The quantitative estimate of drug-likeness (QED) is 0.250. The summed E-state index contributed by atoms with van der Waals surface area (Å²) < 4.78 is 0. The van der Waals surface area contributed by atoms with Crippen LogP contribution in [0.4, 0.5) is 5.69 Å². The lowest BCUT2D eigenvalue weighted by Crippen LogP contribution is -2.58. The molecule has 5 nitrogen and oxygen atoms in total. The molecular weight excluding hydrogens is 550 g/mol. The lowest BCUT2D eigenvalue weighted by atomic mass is 9.49. The molecule has 2 aliphatic rings. The SMILES string of the molecule is Cc1ccc(NC(=O)[C@H](Cc2ccccc2)NC(=S)NC(=O)[C@]2(C)CCC[C@]3(C)c4ccc(C(C)C)cc4CC[C@@H]23)cc1. The molecule has 0 aromatic heterocycles. The number of hydrogen-bond donors (Lipinski definition) is 3. The Balaban J connectivity index is 1.32. The lowest BCUT2D eigenvalue weighted by Gasteiger charge is -2.54. The number of amides is 2. The number of hydrogen-bond acceptors (Lipinski definition) is 3. The van der Waals surface area contributed by atoms with Crippen LogP contribution in [-0.2, 0) is 27.8 Å². The van der Waals surface area contributed by atoms with Crippen LogP contribution in [0.15, 0.2) is 72.8 Å². The number of aryl methyl sites for hydroxylation is 2. The molecule has 0 unspecified atom stereocenters. The average Bonchev–Trinajstić information content (AvgIpc) is 2.98. The Hall–Kier alpha value is -3.51. The van der Waals surface area contributed by atoms with Gasteiger partial charge < -0.3 is 16.0 Å². The number of anilines is 1. The molecule has 43 heavy (non-hydrogen) atoms. The van der Waals surface area contributed by atoms with Gasteiger partial charge in [-0.2, -0.15) is 0 Å². The van der Waals surface area contributed by atoms with E-state index in [2.05, 4.69) is 61.8 Å². The molecule has 3 N–H and O–H groups in total. The summed E-state index contributed by atoms with van der Waals surface area (Å²) in [6.07, 6.45) is 5.28. The van der Waals surface area contributed by atoms with Gasteiger partial charge in [0, 0.05) is 12.1 Å². The highest BCUT2D eigenvalue weighted by atomic mass is 32.1. The molecule has 0 radical (unpaired) electrons. The van der Waals surface area contributed by atoms with Crippen LogP contribution in [0.3, 0.4) is 0 Å². The smallest absolute Gasteiger partial charge is 0.247 e. The van der Waals surface area contributed by atoms with Gasteiger partial charge in [-0.25, -0.2) is 0 Å². The van der Waals surface area contributed by atoms with Gasteiger partial charge in [0.15, 0.2) is 5.11 Å². The fourth-order valence-electron chi connectivity index (χ4n) is 7.51. The van der Waals surface area contributed by atoms with E-state index in [4.69, 9.17) is 12.2 Å². The normalized spacial score (nSPS) is 23.4. The standard InChI is InChI=1S/C37H45N3O2S/c1-24(2)27-14-18-30-28(23-27)15-19-32-36(30,4)20-9-21-37(32,5)34(42)40-35(43)39-31(22-26-10-7-6-8-11-26)33(41)38-29-16-12-25(3)13-17-29/h6-8,10-14,16-18,23-24,31-32H,9,15,19-22H2,1-5H3,(H,38,41)(H2,39,40,42,43)/t31-,32+,36+,37+/m0/s1. The molecule has 1 fully saturated rings. The zero-order valence-electron chi connectivity index (χ0n) is 26.1. The molecule has 0 heterocycles. The Kier molecular flexibility index (Phi) is 9.07. The molecule has 6 heteroatoms. The maximum absolute atomic E-state index is 14.1. The minimum absolute atomic E-state index is 0.0550. The number of carbonyl (C=O) groups is 2. The molecule has 0 bridgehead atoms. The molecule has 3 aromatic rings. The molecule has 2 amide bonds. The van der Waals surface area contributed by atoms with E-state index in [-0.39, 0.29) is 28.3 Å². The average molecular weight is 596 g/mol. The van der Waals surface area contributed by atoms with Gasteiger partial charge in [0.25, 0.3) is 0 Å². The molecule has 5 rings (SSSR count). The third kappa shape index (κ3) is 6.54. The molecule has 1 saturated carbocycles. The summed E-state index contributed by atoms with van der Waals surface area (Å²) in [6.45, 7) is 11.0. The van der Waals surface area contributed by atoms with Crippen molar-refractivity contribution in [2.24, 2.45) is 11.3 Å². The van der Waals surface area contributed by atoms with E-state index in [0.717, 1.165) is 48.9 Å². The Morgan fingerprint density at radius 2 is 1.70 bits per heavy atom. The summed E-state index contributed by atoms with van der Waals surface area (Å²) >= 11 is 5.70. The van der Waals surface area contributed by atoms with Crippen LogP contribution in [0, 0.1) is 18.3 Å². The second-order valence-electron chi connectivity index (χ2n) is 13.4. The van der Waals surface area contributed by atoms with E-state index in [9.17, 15) is 9.59 Å². The van der Waals surface area contributed by atoms with E-state index in [0.29, 0.717) is 12.3 Å². The monoisotopic (exact) mass is 595 g/mol. The number of thiocarbonyl (C=S) groups is 1. The van der Waals surface area contributed by atoms with Gasteiger partial charge in [-0.1, -0.05) is 100 Å². The van der Waals surface area contributed by atoms with E-state index in [1.54, 1.807) is 0 Å². The van der Waals surface area contributed by atoms with Gasteiger partial charge in [0.1, 0.15) is 6.04 Å². The van der Waals surface area contributed by atoms with E-state index >= 15 is 0 Å². The fourth-order valence-corrected chi connectivity index (χ4v) is 7.74. The maximum atomic E-state index is 14.1. The number of rotatable bonds is 7. The van der Waals surface area contributed by atoms with Crippen LogP contribution in [0.25, 0.3) is 0 Å². The summed E-state index contributed by atoms with van der Waals surface area (Å²) in [5.74, 6) is 0.446. The van der Waals surface area contributed by atoms with Gasteiger partial charge in [0.05, 0.1) is 5.41 Å². The van der Waals surface area contributed by atoms with E-state index in [1.165, 1.54) is 16.7 Å². The molecule has 0 aliphatic heterocycles. The van der Waals surface area contributed by atoms with Crippen molar-refractivity contribution in [3.63, 3.8) is 0 Å². The summed E-state index contributed by atoms with van der Waals surface area (Å²) in [5.41, 5.74) is 6.44. The Morgan fingerprint density at radius 1 is 0.977 bits per heavy atom. The molecular formula is C37H45N3O2S. The summed E-state index contributed by atoms with van der Waals surface area (Å²) in [6, 6.07) is 23.9. The van der Waals surface area contributed by atoms with Crippen molar-refractivity contribution in [1.29, 1.82) is 0 Å². The minimum Gasteiger partial charge on any atom is -0.350 e. The highest BCUT2D eigenvalue weighted by Gasteiger charge is 2.55. The van der Waals surface area contributed by atoms with Crippen LogP contribution in [0.2, 0.25) is 0 Å². The number of benzene rings is 3. The Bertz CT molecular complexity index is 1490. The second kappa shape index (κ2) is 12.6. The Morgan fingerprint density at radius 3 is 2.40 bits per heavy atom. The van der Waals surface area contributed by atoms with Crippen LogP contribution >= 0.6 is 12.2 Å². The number of carbonyl (C=O) groups excluding carboxylic acids is 2. The predicted molar refractivity (Wildman–Crippen MR) is 179 cm³/mol. The maximum Gasteiger partial charge on any atom is 0.247 e. The van der Waals surface area contributed by atoms with Crippen molar-refractivity contribution in [2.75, 3.05) is 5.32 Å². The van der Waals surface area contributed by atoms with Gasteiger partial charge in [0.2, 0.25) is 11.8 Å². The largest absolute Gasteiger partial charge is 0.350 e. The topological polar surface area (TPSA) is 70.2 Å². The van der Waals surface area contributed by atoms with Gasteiger partial charge >= 0.3 is 0 Å². The summed E-state index contributed by atoms with van der Waals surface area (Å²) in [7, 11) is 0. The molecule has 3 aromatic carbocycles. The number of fused-ring (bicyclic) bond motifs is 3. The van der Waals surface area contributed by atoms with Crippen LogP contribution < -0.4 is 16.0 Å². The van der Waals surface area contributed by atoms with E-state index < -0.39 is 11.5 Å². The minimum atomic E-state index is -0.655. The first-order valence-corrected chi connectivity index (χ1v) is 16.1. The van der Waals surface area contributed by atoms with Crippen LogP contribution in [0.5, 0.6) is 0 Å². The van der Waals surface area contributed by atoms with Crippen molar-refractivity contribution < 1.29 is 9.59 Å². The van der Waals surface area contributed by atoms with Gasteiger partial charge in [-0.15, -0.1) is 0 Å². The highest BCUT2D eigenvalue weighted by molar-refractivity contribution is 7.80. The first-order valence-electron chi connectivity index (χ1n) is 15.7. The molecule has 2 aliphatic carbocycles. The summed E-state index contributed by atoms with van der Waals surface area (Å²) in [4.78, 5) is 27.5. The first kappa shape index (κ1) is 30.9. The predicted octanol–water partition coefficient (Wildman–Crippen LogP) is 7.37. The first-order chi connectivity index (χ1) is 20.5. The molecule has 0 saturated heterocycles. The van der Waals surface area contributed by atoms with Crippen molar-refractivity contribution in [3.8, 4) is 0 Å². The zero-order chi connectivity index (χ0) is 30.8. The van der Waals surface area contributed by atoms with Crippen molar-refractivity contribution in [3.05, 3.63) is 101 Å². The second-order valence-corrected chi connectivity index (χ2v) is 13.8. The third-order valence-corrected chi connectivity index (χ3v) is 10.2. The van der Waals surface area contributed by atoms with Crippen molar-refractivity contribution >= 4 is 34.8 Å².